The highest BCUT2D eigenvalue weighted by molar-refractivity contribution is 9.10. The molecule has 0 bridgehead atoms. The largest absolute Gasteiger partial charge is 0.507 e. The van der Waals surface area contributed by atoms with E-state index in [2.05, 4.69) is 21.1 Å². The molecule has 0 fully saturated rings. The lowest BCUT2D eigenvalue weighted by Gasteiger charge is -2.24. The molecule has 1 aromatic rings. The minimum Gasteiger partial charge on any atom is -0.507 e. The van der Waals surface area contributed by atoms with E-state index < -0.39 is 0 Å². The van der Waals surface area contributed by atoms with E-state index in [1.807, 2.05) is 13.8 Å². The highest BCUT2D eigenvalue weighted by Crippen LogP contribution is 2.25. The van der Waals surface area contributed by atoms with Crippen LogP contribution in [0, 0.1) is 5.92 Å². The molecule has 4 N–H and O–H groups in total. The van der Waals surface area contributed by atoms with Gasteiger partial charge in [0.2, 0.25) is 0 Å². The summed E-state index contributed by atoms with van der Waals surface area (Å²) in [5, 5.41) is 21.2. The molecule has 0 saturated carbocycles. The van der Waals surface area contributed by atoms with Gasteiger partial charge in [-0.05, 0) is 40.0 Å². The lowest BCUT2D eigenvalue weighted by molar-refractivity contribution is 0.0740. The van der Waals surface area contributed by atoms with Gasteiger partial charge in [0.25, 0.3) is 5.91 Å². The zero-order valence-corrected chi connectivity index (χ0v) is 13.7. The molecule has 1 aromatic carbocycles. The normalized spacial score (nSPS) is 11.7. The molecule has 21 heavy (non-hydrogen) atoms. The first-order chi connectivity index (χ1) is 9.85. The maximum absolute atomic E-state index is 12.5. The number of aromatic hydroxyl groups is 1. The summed E-state index contributed by atoms with van der Waals surface area (Å²) in [5.74, 6) is 0.180. The van der Waals surface area contributed by atoms with E-state index in [-0.39, 0.29) is 29.8 Å². The van der Waals surface area contributed by atoms with Gasteiger partial charge < -0.3 is 20.9 Å². The number of carbonyl (C=O) groups excluding carboxylic acids is 1. The van der Waals surface area contributed by atoms with E-state index in [0.29, 0.717) is 23.1 Å². The number of hydrogen-bond donors (Lipinski definition) is 3. The minimum atomic E-state index is -0.197. The number of carbonyl (C=O) groups is 1. The standard InChI is InChI=1S/C14H20BrN3O3/c1-9(2)8-18(6-5-13(16)17-21)14(20)10-3-4-11(15)12(19)7-10/h3-4,7,9,19,21H,5-6,8H2,1-2H3,(H2,16,17). The van der Waals surface area contributed by atoms with Gasteiger partial charge in [0.1, 0.15) is 11.6 Å². The Morgan fingerprint density at radius 2 is 2.14 bits per heavy atom. The van der Waals surface area contributed by atoms with Crippen LogP contribution in [0.4, 0.5) is 0 Å². The predicted octanol–water partition coefficient (Wildman–Crippen LogP) is 2.39. The maximum atomic E-state index is 12.5. The molecule has 0 aromatic heterocycles. The van der Waals surface area contributed by atoms with Crippen molar-refractivity contribution in [3.63, 3.8) is 0 Å². The molecule has 116 valence electrons. The van der Waals surface area contributed by atoms with E-state index in [1.54, 1.807) is 17.0 Å². The first-order valence-corrected chi connectivity index (χ1v) is 7.38. The Hall–Kier alpha value is -1.76. The number of nitrogens with zero attached hydrogens (tertiary/aromatic N) is 2. The second-order valence-electron chi connectivity index (χ2n) is 5.15. The first kappa shape index (κ1) is 17.3. The van der Waals surface area contributed by atoms with Crippen molar-refractivity contribution < 1.29 is 15.1 Å². The number of amides is 1. The molecular weight excluding hydrogens is 338 g/mol. The van der Waals surface area contributed by atoms with E-state index in [0.717, 1.165) is 0 Å². The summed E-state index contributed by atoms with van der Waals surface area (Å²) < 4.78 is 0.533. The number of hydrogen-bond acceptors (Lipinski definition) is 4. The quantitative estimate of drug-likeness (QED) is 0.315. The van der Waals surface area contributed by atoms with Crippen LogP contribution in [0.25, 0.3) is 0 Å². The number of oxime groups is 1. The van der Waals surface area contributed by atoms with Crippen LogP contribution in [-0.2, 0) is 0 Å². The van der Waals surface area contributed by atoms with Gasteiger partial charge in [0.05, 0.1) is 4.47 Å². The minimum absolute atomic E-state index is 0.0155. The molecule has 0 aliphatic rings. The van der Waals surface area contributed by atoms with Gasteiger partial charge in [-0.15, -0.1) is 0 Å². The van der Waals surface area contributed by atoms with Crippen molar-refractivity contribution in [1.82, 2.24) is 4.90 Å². The molecule has 0 aliphatic heterocycles. The molecule has 6 nitrogen and oxygen atoms in total. The van der Waals surface area contributed by atoms with Crippen LogP contribution >= 0.6 is 15.9 Å². The molecule has 1 rings (SSSR count). The van der Waals surface area contributed by atoms with Gasteiger partial charge in [-0.25, -0.2) is 0 Å². The highest BCUT2D eigenvalue weighted by Gasteiger charge is 2.18. The molecule has 0 aliphatic carbocycles. The Labute approximate surface area is 132 Å². The Balaban J connectivity index is 2.90. The Bertz CT molecular complexity index is 532. The molecule has 0 atom stereocenters. The molecular formula is C14H20BrN3O3. The zero-order valence-electron chi connectivity index (χ0n) is 12.1. The average molecular weight is 358 g/mol. The monoisotopic (exact) mass is 357 g/mol. The third-order valence-corrected chi connectivity index (χ3v) is 3.50. The first-order valence-electron chi connectivity index (χ1n) is 6.59. The number of rotatable bonds is 6. The van der Waals surface area contributed by atoms with Crippen molar-refractivity contribution in [3.8, 4) is 5.75 Å². The fourth-order valence-corrected chi connectivity index (χ4v) is 2.09. The summed E-state index contributed by atoms with van der Waals surface area (Å²) in [6.45, 7) is 4.91. The summed E-state index contributed by atoms with van der Waals surface area (Å²) >= 11 is 3.18. The SMILES string of the molecule is CC(C)CN(CC/C(N)=N/O)C(=O)c1ccc(Br)c(O)c1. The second-order valence-corrected chi connectivity index (χ2v) is 6.01. The summed E-state index contributed by atoms with van der Waals surface area (Å²) in [7, 11) is 0. The highest BCUT2D eigenvalue weighted by atomic mass is 79.9. The molecule has 1 amide bonds. The van der Waals surface area contributed by atoms with E-state index in [1.165, 1.54) is 6.07 Å². The third kappa shape index (κ3) is 5.26. The van der Waals surface area contributed by atoms with E-state index in [4.69, 9.17) is 10.9 Å². The van der Waals surface area contributed by atoms with Crippen LogP contribution in [0.15, 0.2) is 27.8 Å². The van der Waals surface area contributed by atoms with Gasteiger partial charge >= 0.3 is 0 Å². The molecule has 0 spiro atoms. The van der Waals surface area contributed by atoms with Crippen LogP contribution in [0.3, 0.4) is 0 Å². The Morgan fingerprint density at radius 3 is 2.67 bits per heavy atom. The van der Waals surface area contributed by atoms with Crippen molar-refractivity contribution in [3.05, 3.63) is 28.2 Å². The van der Waals surface area contributed by atoms with Gasteiger partial charge in [0.15, 0.2) is 0 Å². The molecule has 0 unspecified atom stereocenters. The van der Waals surface area contributed by atoms with Crippen molar-refractivity contribution in [2.45, 2.75) is 20.3 Å². The summed E-state index contributed by atoms with van der Waals surface area (Å²) in [6.07, 6.45) is 0.289. The van der Waals surface area contributed by atoms with Crippen molar-refractivity contribution in [1.29, 1.82) is 0 Å². The van der Waals surface area contributed by atoms with Crippen LogP contribution in [0.1, 0.15) is 30.6 Å². The fourth-order valence-electron chi connectivity index (χ4n) is 1.84. The lowest BCUT2D eigenvalue weighted by Crippen LogP contribution is -2.36. The van der Waals surface area contributed by atoms with Crippen molar-refractivity contribution in [2.24, 2.45) is 16.8 Å². The number of nitrogens with two attached hydrogens (primary N) is 1. The van der Waals surface area contributed by atoms with Crippen LogP contribution in [0.5, 0.6) is 5.75 Å². The summed E-state index contributed by atoms with van der Waals surface area (Å²) in [4.78, 5) is 14.1. The number of halogens is 1. The lowest BCUT2D eigenvalue weighted by atomic mass is 10.1. The van der Waals surface area contributed by atoms with Crippen LogP contribution in [0.2, 0.25) is 0 Å². The average Bonchev–Trinajstić information content (AvgIpc) is 2.44. The zero-order chi connectivity index (χ0) is 16.0. The van der Waals surface area contributed by atoms with Crippen LogP contribution < -0.4 is 5.73 Å². The number of phenols is 1. The predicted molar refractivity (Wildman–Crippen MR) is 84.6 cm³/mol. The Morgan fingerprint density at radius 1 is 1.48 bits per heavy atom. The third-order valence-electron chi connectivity index (χ3n) is 2.83. The van der Waals surface area contributed by atoms with Crippen molar-refractivity contribution >= 4 is 27.7 Å². The van der Waals surface area contributed by atoms with Crippen molar-refractivity contribution in [2.75, 3.05) is 13.1 Å². The molecule has 0 radical (unpaired) electrons. The number of amidine groups is 1. The number of phenolic OH excluding ortho intramolecular Hbond substituents is 1. The maximum Gasteiger partial charge on any atom is 0.254 e. The Kier molecular flexibility index (Phi) is 6.48. The molecule has 7 heteroatoms. The fraction of sp³-hybridized carbons (Fsp3) is 0.429. The van der Waals surface area contributed by atoms with Gasteiger partial charge in [-0.1, -0.05) is 19.0 Å². The molecule has 0 heterocycles. The van der Waals surface area contributed by atoms with E-state index in [9.17, 15) is 9.90 Å². The van der Waals surface area contributed by atoms with Crippen LogP contribution in [-0.4, -0.2) is 40.0 Å². The van der Waals surface area contributed by atoms with E-state index >= 15 is 0 Å². The second kappa shape index (κ2) is 7.87. The molecule has 0 saturated heterocycles. The summed E-state index contributed by atoms with van der Waals surface area (Å²) in [5.41, 5.74) is 5.85. The topological polar surface area (TPSA) is 99.1 Å². The summed E-state index contributed by atoms with van der Waals surface area (Å²) in [6, 6.07) is 4.69. The smallest absolute Gasteiger partial charge is 0.254 e. The van der Waals surface area contributed by atoms with Gasteiger partial charge in [0, 0.05) is 25.1 Å². The van der Waals surface area contributed by atoms with Gasteiger partial charge in [-0.3, -0.25) is 4.79 Å². The number of benzene rings is 1. The van der Waals surface area contributed by atoms with Gasteiger partial charge in [-0.2, -0.15) is 0 Å².